The topological polar surface area (TPSA) is 141 Å². The number of nitro groups is 1. The van der Waals surface area contributed by atoms with Crippen LogP contribution in [0.2, 0.25) is 0 Å². The molecule has 1 aromatic carbocycles. The molecule has 9 heteroatoms. The summed E-state index contributed by atoms with van der Waals surface area (Å²) in [5.41, 5.74) is -1.58. The highest BCUT2D eigenvalue weighted by molar-refractivity contribution is 5.73. The number of aliphatic carboxylic acids is 1. The fourth-order valence-corrected chi connectivity index (χ4v) is 1.23. The molecule has 0 aliphatic rings. The minimum atomic E-state index is -2.27. The number of halogens is 1. The monoisotopic (exact) mass is 261 g/mol. The fraction of sp³-hybridized carbons (Fsp3) is 0.222. The first-order valence-electron chi connectivity index (χ1n) is 4.51. The Kier molecular flexibility index (Phi) is 3.79. The number of nitro benzene ring substituents is 1. The van der Waals surface area contributed by atoms with Crippen molar-refractivity contribution >= 4 is 11.7 Å². The number of benzene rings is 1. The van der Waals surface area contributed by atoms with E-state index in [1.54, 1.807) is 0 Å². The summed E-state index contributed by atoms with van der Waals surface area (Å²) < 4.78 is 13.1. The van der Waals surface area contributed by atoms with Crippen LogP contribution in [0.3, 0.4) is 0 Å². The highest BCUT2D eigenvalue weighted by Crippen LogP contribution is 2.32. The van der Waals surface area contributed by atoms with Crippen molar-refractivity contribution in [3.63, 3.8) is 0 Å². The lowest BCUT2D eigenvalue weighted by molar-refractivity contribution is -0.386. The maximum absolute atomic E-state index is 13.1. The van der Waals surface area contributed by atoms with Crippen LogP contribution in [0.5, 0.6) is 5.75 Å². The number of rotatable bonds is 4. The van der Waals surface area contributed by atoms with E-state index in [4.69, 9.17) is 15.3 Å². The summed E-state index contributed by atoms with van der Waals surface area (Å²) in [6, 6.07) is 1.08. The van der Waals surface area contributed by atoms with E-state index < -0.39 is 45.9 Å². The molecule has 0 fully saturated rings. The quantitative estimate of drug-likeness (QED) is 0.438. The van der Waals surface area contributed by atoms with Gasteiger partial charge in [0.25, 0.3) is 0 Å². The van der Waals surface area contributed by atoms with Gasteiger partial charge in [0.1, 0.15) is 6.10 Å². The third kappa shape index (κ3) is 2.52. The second-order valence-corrected chi connectivity index (χ2v) is 3.36. The molecule has 0 aromatic heterocycles. The van der Waals surface area contributed by atoms with Gasteiger partial charge in [-0.3, -0.25) is 10.1 Å². The maximum atomic E-state index is 13.1. The number of hydrogen-bond acceptors (Lipinski definition) is 6. The smallest absolute Gasteiger partial charge is 0.335 e. The van der Waals surface area contributed by atoms with Crippen LogP contribution in [-0.2, 0) is 4.79 Å². The van der Waals surface area contributed by atoms with Gasteiger partial charge >= 0.3 is 11.7 Å². The molecule has 2 unspecified atom stereocenters. The van der Waals surface area contributed by atoms with E-state index in [0.29, 0.717) is 12.1 Å². The number of hydrogen-bond donors (Lipinski definition) is 4. The zero-order valence-electron chi connectivity index (χ0n) is 8.65. The molecule has 1 aromatic rings. The number of aliphatic hydroxyl groups excluding tert-OH is 2. The van der Waals surface area contributed by atoms with E-state index in [2.05, 4.69) is 0 Å². The van der Waals surface area contributed by atoms with Crippen molar-refractivity contribution in [3.05, 3.63) is 33.6 Å². The Bertz CT molecular complexity index is 504. The van der Waals surface area contributed by atoms with Gasteiger partial charge in [0.05, 0.1) is 4.92 Å². The van der Waals surface area contributed by atoms with Crippen molar-refractivity contribution in [2.75, 3.05) is 0 Å². The van der Waals surface area contributed by atoms with Crippen molar-refractivity contribution in [2.45, 2.75) is 12.2 Å². The molecule has 0 spiro atoms. The molecule has 0 saturated carbocycles. The third-order valence-electron chi connectivity index (χ3n) is 2.16. The maximum Gasteiger partial charge on any atom is 0.335 e. The zero-order chi connectivity index (χ0) is 14.0. The van der Waals surface area contributed by atoms with Gasteiger partial charge in [0, 0.05) is 6.07 Å². The second-order valence-electron chi connectivity index (χ2n) is 3.36. The number of carboxylic acid groups (broad SMARTS) is 1. The predicted octanol–water partition coefficient (Wildman–Crippen LogP) is -0.0816. The van der Waals surface area contributed by atoms with E-state index in [1.165, 1.54) is 0 Å². The Balaban J connectivity index is 3.26. The van der Waals surface area contributed by atoms with E-state index in [-0.39, 0.29) is 0 Å². The predicted molar refractivity (Wildman–Crippen MR) is 53.3 cm³/mol. The zero-order valence-corrected chi connectivity index (χ0v) is 8.65. The van der Waals surface area contributed by atoms with Gasteiger partial charge in [-0.15, -0.1) is 0 Å². The molecule has 0 heterocycles. The number of carbonyl (C=O) groups is 1. The highest BCUT2D eigenvalue weighted by atomic mass is 19.1. The molecule has 4 N–H and O–H groups in total. The second kappa shape index (κ2) is 4.94. The van der Waals surface area contributed by atoms with E-state index in [1.807, 2.05) is 0 Å². The molecule has 0 saturated heterocycles. The Morgan fingerprint density at radius 3 is 2.39 bits per heavy atom. The van der Waals surface area contributed by atoms with Crippen LogP contribution in [-0.4, -0.2) is 37.4 Å². The summed E-state index contributed by atoms with van der Waals surface area (Å²) in [5, 5.41) is 46.4. The summed E-state index contributed by atoms with van der Waals surface area (Å²) in [6.45, 7) is 0. The number of nitrogens with zero attached hydrogens (tertiary/aromatic N) is 1. The molecule has 0 aliphatic heterocycles. The summed E-state index contributed by atoms with van der Waals surface area (Å²) in [6.07, 6.45) is -4.33. The molecule has 0 aliphatic carbocycles. The molecular formula is C9H8FNO7. The van der Waals surface area contributed by atoms with Gasteiger partial charge in [-0.25, -0.2) is 9.18 Å². The molecule has 0 radical (unpaired) electrons. The first-order valence-corrected chi connectivity index (χ1v) is 4.51. The lowest BCUT2D eigenvalue weighted by Crippen LogP contribution is -2.27. The van der Waals surface area contributed by atoms with Crippen LogP contribution < -0.4 is 0 Å². The van der Waals surface area contributed by atoms with Gasteiger partial charge in [0.15, 0.2) is 11.9 Å². The number of phenols is 1. The molecule has 8 nitrogen and oxygen atoms in total. The Morgan fingerprint density at radius 2 is 1.94 bits per heavy atom. The van der Waals surface area contributed by atoms with E-state index in [9.17, 15) is 24.4 Å². The first kappa shape index (κ1) is 13.8. The Hall–Kier alpha value is -2.26. The first-order chi connectivity index (χ1) is 8.25. The Labute approximate surface area is 98.7 Å². The summed E-state index contributed by atoms with van der Waals surface area (Å²) in [5.74, 6) is -4.42. The van der Waals surface area contributed by atoms with Crippen LogP contribution in [0.4, 0.5) is 10.1 Å². The van der Waals surface area contributed by atoms with Gasteiger partial charge in [-0.2, -0.15) is 0 Å². The standard InChI is InChI=1S/C9H8FNO7/c10-4-1-3(6(12)8(14)9(15)16)2-5(7(4)13)11(17)18/h1-2,6,8,12-14H,(H,15,16). The molecule has 18 heavy (non-hydrogen) atoms. The SMILES string of the molecule is O=C(O)C(O)C(O)c1cc(F)c(O)c([N+](=O)[O-])c1. The highest BCUT2D eigenvalue weighted by Gasteiger charge is 2.29. The number of phenolic OH excluding ortho intramolecular Hbond substituents is 1. The minimum absolute atomic E-state index is 0.499. The van der Waals surface area contributed by atoms with Crippen molar-refractivity contribution in [1.82, 2.24) is 0 Å². The molecule has 98 valence electrons. The number of aromatic hydroxyl groups is 1. The average Bonchev–Trinajstić information content (AvgIpc) is 2.29. The van der Waals surface area contributed by atoms with Gasteiger partial charge in [0.2, 0.25) is 5.75 Å². The van der Waals surface area contributed by atoms with Crippen molar-refractivity contribution in [2.24, 2.45) is 0 Å². The molecule has 0 bridgehead atoms. The Morgan fingerprint density at radius 1 is 1.39 bits per heavy atom. The molecule has 0 amide bonds. The minimum Gasteiger partial charge on any atom is -0.500 e. The lowest BCUT2D eigenvalue weighted by Gasteiger charge is -2.14. The van der Waals surface area contributed by atoms with Crippen molar-refractivity contribution < 1.29 is 34.5 Å². The normalized spacial score (nSPS) is 13.9. The van der Waals surface area contributed by atoms with Crippen LogP contribution in [0, 0.1) is 15.9 Å². The van der Waals surface area contributed by atoms with Crippen LogP contribution in [0.1, 0.15) is 11.7 Å². The average molecular weight is 261 g/mol. The van der Waals surface area contributed by atoms with Crippen LogP contribution in [0.25, 0.3) is 0 Å². The lowest BCUT2D eigenvalue weighted by atomic mass is 10.0. The molecule has 1 rings (SSSR count). The van der Waals surface area contributed by atoms with Crippen LogP contribution in [0.15, 0.2) is 12.1 Å². The largest absolute Gasteiger partial charge is 0.500 e. The van der Waals surface area contributed by atoms with E-state index in [0.717, 1.165) is 0 Å². The molecule has 2 atom stereocenters. The summed E-state index contributed by atoms with van der Waals surface area (Å²) >= 11 is 0. The van der Waals surface area contributed by atoms with Gasteiger partial charge < -0.3 is 20.4 Å². The van der Waals surface area contributed by atoms with Crippen molar-refractivity contribution in [3.8, 4) is 5.75 Å². The summed E-state index contributed by atoms with van der Waals surface area (Å²) in [4.78, 5) is 19.8. The van der Waals surface area contributed by atoms with Gasteiger partial charge in [-0.1, -0.05) is 0 Å². The fourth-order valence-electron chi connectivity index (χ4n) is 1.23. The third-order valence-corrected chi connectivity index (χ3v) is 2.16. The van der Waals surface area contributed by atoms with Crippen molar-refractivity contribution in [1.29, 1.82) is 0 Å². The molecular weight excluding hydrogens is 253 g/mol. The van der Waals surface area contributed by atoms with Crippen LogP contribution >= 0.6 is 0 Å². The number of aliphatic hydroxyl groups is 2. The summed E-state index contributed by atoms with van der Waals surface area (Å²) in [7, 11) is 0. The number of carboxylic acids is 1. The van der Waals surface area contributed by atoms with E-state index >= 15 is 0 Å². The van der Waals surface area contributed by atoms with Gasteiger partial charge in [-0.05, 0) is 11.6 Å².